The quantitative estimate of drug-likeness (QED) is 0.668. The van der Waals surface area contributed by atoms with Crippen molar-refractivity contribution in [1.29, 1.82) is 0 Å². The van der Waals surface area contributed by atoms with E-state index in [1.165, 1.54) is 41.8 Å². The van der Waals surface area contributed by atoms with Crippen LogP contribution in [0.5, 0.6) is 0 Å². The molecule has 2 nitrogen and oxygen atoms in total. The molecule has 0 N–H and O–H groups in total. The molecule has 3 rings (SSSR count). The number of allylic oxidation sites excluding steroid dienone is 4. The number of benzene rings is 1. The Labute approximate surface area is 147 Å². The largest absolute Gasteiger partial charge is 0.372 e. The van der Waals surface area contributed by atoms with E-state index in [9.17, 15) is 0 Å². The average Bonchev–Trinajstić information content (AvgIpc) is 3.05. The van der Waals surface area contributed by atoms with E-state index in [0.717, 1.165) is 39.0 Å². The molecule has 0 spiro atoms. The van der Waals surface area contributed by atoms with Gasteiger partial charge in [-0.05, 0) is 43.7 Å². The Morgan fingerprint density at radius 1 is 1.04 bits per heavy atom. The van der Waals surface area contributed by atoms with Gasteiger partial charge in [-0.3, -0.25) is 0 Å². The summed E-state index contributed by atoms with van der Waals surface area (Å²) < 4.78 is 0. The molecule has 0 bridgehead atoms. The molecule has 2 heteroatoms. The van der Waals surface area contributed by atoms with E-state index in [4.69, 9.17) is 0 Å². The minimum atomic E-state index is 1.12. The summed E-state index contributed by atoms with van der Waals surface area (Å²) in [6, 6.07) is 10.8. The molecule has 1 saturated heterocycles. The van der Waals surface area contributed by atoms with Crippen LogP contribution in [-0.4, -0.2) is 36.0 Å². The van der Waals surface area contributed by atoms with E-state index in [0.29, 0.717) is 0 Å². The highest BCUT2D eigenvalue weighted by Crippen LogP contribution is 2.24. The van der Waals surface area contributed by atoms with Crippen molar-refractivity contribution in [3.05, 3.63) is 71.6 Å². The SMILES string of the molecule is C=C(CCCCc1ccccc1)N1CCN(C2=C(C)C=CC2)CC1. The lowest BCUT2D eigenvalue weighted by molar-refractivity contribution is 0.185. The molecule has 1 aliphatic carbocycles. The Bertz CT molecular complexity index is 604. The lowest BCUT2D eigenvalue weighted by Crippen LogP contribution is -2.45. The molecular weight excluding hydrogens is 292 g/mol. The first-order valence-electron chi connectivity index (χ1n) is 9.32. The molecule has 2 aliphatic rings. The van der Waals surface area contributed by atoms with E-state index in [-0.39, 0.29) is 0 Å². The summed E-state index contributed by atoms with van der Waals surface area (Å²) in [5.41, 5.74) is 5.76. The molecule has 128 valence electrons. The fourth-order valence-corrected chi connectivity index (χ4v) is 3.74. The number of hydrogen-bond acceptors (Lipinski definition) is 2. The third kappa shape index (κ3) is 4.31. The Hall–Kier alpha value is -1.96. The van der Waals surface area contributed by atoms with Crippen LogP contribution in [-0.2, 0) is 6.42 Å². The Balaban J connectivity index is 1.36. The highest BCUT2D eigenvalue weighted by atomic mass is 15.3. The maximum absolute atomic E-state index is 4.34. The molecule has 0 amide bonds. The second-order valence-corrected chi connectivity index (χ2v) is 6.97. The molecule has 0 aromatic heterocycles. The lowest BCUT2D eigenvalue weighted by atomic mass is 10.1. The van der Waals surface area contributed by atoms with Crippen molar-refractivity contribution in [2.45, 2.75) is 39.0 Å². The molecule has 0 radical (unpaired) electrons. The summed E-state index contributed by atoms with van der Waals surface area (Å²) in [4.78, 5) is 5.06. The van der Waals surface area contributed by atoms with Crippen molar-refractivity contribution in [2.24, 2.45) is 0 Å². The van der Waals surface area contributed by atoms with Gasteiger partial charge in [0.05, 0.1) is 0 Å². The van der Waals surface area contributed by atoms with Crippen LogP contribution in [0.1, 0.15) is 38.2 Å². The van der Waals surface area contributed by atoms with Gasteiger partial charge in [0.2, 0.25) is 0 Å². The van der Waals surface area contributed by atoms with Crippen molar-refractivity contribution in [3.63, 3.8) is 0 Å². The smallest absolute Gasteiger partial charge is 0.0352 e. The number of unbranched alkanes of at least 4 members (excludes halogenated alkanes) is 1. The minimum Gasteiger partial charge on any atom is -0.372 e. The van der Waals surface area contributed by atoms with E-state index in [1.807, 2.05) is 0 Å². The molecule has 1 aromatic carbocycles. The zero-order valence-corrected chi connectivity index (χ0v) is 15.0. The van der Waals surface area contributed by atoms with Crippen molar-refractivity contribution in [1.82, 2.24) is 9.80 Å². The van der Waals surface area contributed by atoms with E-state index >= 15 is 0 Å². The van der Waals surface area contributed by atoms with Gasteiger partial charge in [-0.25, -0.2) is 0 Å². The van der Waals surface area contributed by atoms with Crippen LogP contribution in [0.2, 0.25) is 0 Å². The standard InChI is InChI=1S/C22H30N2/c1-19-9-8-14-22(19)24-17-15-23(16-18-24)20(2)10-6-7-13-21-11-4-3-5-12-21/h3-5,8-9,11-12H,2,6-7,10,13-18H2,1H3. The first kappa shape index (κ1) is 16.9. The molecule has 0 atom stereocenters. The fourth-order valence-electron chi connectivity index (χ4n) is 3.74. The summed E-state index contributed by atoms with van der Waals surface area (Å²) in [6.45, 7) is 11.1. The molecule has 0 saturated carbocycles. The second-order valence-electron chi connectivity index (χ2n) is 6.97. The molecule has 24 heavy (non-hydrogen) atoms. The molecule has 1 aliphatic heterocycles. The van der Waals surface area contributed by atoms with Gasteiger partial charge in [-0.15, -0.1) is 0 Å². The van der Waals surface area contributed by atoms with Crippen LogP contribution < -0.4 is 0 Å². The van der Waals surface area contributed by atoms with E-state index in [1.54, 1.807) is 0 Å². The maximum Gasteiger partial charge on any atom is 0.0352 e. The lowest BCUT2D eigenvalue weighted by Gasteiger charge is -2.39. The third-order valence-corrected chi connectivity index (χ3v) is 5.27. The topological polar surface area (TPSA) is 6.48 Å². The third-order valence-electron chi connectivity index (χ3n) is 5.27. The van der Waals surface area contributed by atoms with Crippen LogP contribution in [0.15, 0.2) is 66.0 Å². The van der Waals surface area contributed by atoms with Gasteiger partial charge in [0, 0.05) is 44.0 Å². The summed E-state index contributed by atoms with van der Waals surface area (Å²) >= 11 is 0. The zero-order valence-electron chi connectivity index (χ0n) is 15.0. The molecule has 1 heterocycles. The Morgan fingerprint density at radius 2 is 1.79 bits per heavy atom. The zero-order chi connectivity index (χ0) is 16.8. The van der Waals surface area contributed by atoms with Crippen LogP contribution in [0, 0.1) is 0 Å². The summed E-state index contributed by atoms with van der Waals surface area (Å²) in [6.07, 6.45) is 10.5. The molecular formula is C22H30N2. The van der Waals surface area contributed by atoms with Crippen LogP contribution in [0.25, 0.3) is 0 Å². The first-order chi connectivity index (χ1) is 11.7. The van der Waals surface area contributed by atoms with Crippen LogP contribution >= 0.6 is 0 Å². The fraction of sp³-hybridized carbons (Fsp3) is 0.455. The van der Waals surface area contributed by atoms with Gasteiger partial charge in [-0.2, -0.15) is 0 Å². The molecule has 0 unspecified atom stereocenters. The average molecular weight is 322 g/mol. The highest BCUT2D eigenvalue weighted by molar-refractivity contribution is 5.31. The number of nitrogens with zero attached hydrogens (tertiary/aromatic N) is 2. The monoisotopic (exact) mass is 322 g/mol. The van der Waals surface area contributed by atoms with Gasteiger partial charge >= 0.3 is 0 Å². The Morgan fingerprint density at radius 3 is 2.46 bits per heavy atom. The predicted molar refractivity (Wildman–Crippen MR) is 103 cm³/mol. The number of aryl methyl sites for hydroxylation is 1. The first-order valence-corrected chi connectivity index (χ1v) is 9.32. The highest BCUT2D eigenvalue weighted by Gasteiger charge is 2.21. The second kappa shape index (κ2) is 8.23. The van der Waals surface area contributed by atoms with Gasteiger partial charge in [-0.1, -0.05) is 49.1 Å². The minimum absolute atomic E-state index is 1.12. The summed E-state index contributed by atoms with van der Waals surface area (Å²) in [5, 5.41) is 0. The van der Waals surface area contributed by atoms with Gasteiger partial charge < -0.3 is 9.80 Å². The van der Waals surface area contributed by atoms with Gasteiger partial charge in [0.1, 0.15) is 0 Å². The Kier molecular flexibility index (Phi) is 5.79. The molecule has 1 aromatic rings. The maximum atomic E-state index is 4.34. The van der Waals surface area contributed by atoms with E-state index in [2.05, 4.69) is 65.8 Å². The van der Waals surface area contributed by atoms with Crippen molar-refractivity contribution in [3.8, 4) is 0 Å². The van der Waals surface area contributed by atoms with Crippen LogP contribution in [0.4, 0.5) is 0 Å². The summed E-state index contributed by atoms with van der Waals surface area (Å²) in [5.74, 6) is 0. The summed E-state index contributed by atoms with van der Waals surface area (Å²) in [7, 11) is 0. The van der Waals surface area contributed by atoms with E-state index < -0.39 is 0 Å². The number of hydrogen-bond donors (Lipinski definition) is 0. The number of piperazine rings is 1. The predicted octanol–water partition coefficient (Wildman–Crippen LogP) is 4.76. The van der Waals surface area contributed by atoms with Crippen LogP contribution in [0.3, 0.4) is 0 Å². The number of rotatable bonds is 7. The van der Waals surface area contributed by atoms with Gasteiger partial charge in [0.15, 0.2) is 0 Å². The molecule has 1 fully saturated rings. The van der Waals surface area contributed by atoms with Crippen molar-refractivity contribution < 1.29 is 0 Å². The van der Waals surface area contributed by atoms with Crippen molar-refractivity contribution in [2.75, 3.05) is 26.2 Å². The normalized spacial score (nSPS) is 17.7. The van der Waals surface area contributed by atoms with Gasteiger partial charge in [0.25, 0.3) is 0 Å². The van der Waals surface area contributed by atoms with Crippen molar-refractivity contribution >= 4 is 0 Å².